The van der Waals surface area contributed by atoms with Crippen molar-refractivity contribution in [3.8, 4) is 17.2 Å². The van der Waals surface area contributed by atoms with Crippen LogP contribution in [0.15, 0.2) is 48.2 Å². The second-order valence-corrected chi connectivity index (χ2v) is 6.40. The van der Waals surface area contributed by atoms with Gasteiger partial charge in [-0.3, -0.25) is 9.59 Å². The Morgan fingerprint density at radius 1 is 0.893 bits per heavy atom. The van der Waals surface area contributed by atoms with E-state index in [9.17, 15) is 14.7 Å². The standard InChI is InChI=1S/C21H21NO6/c1-12(2)28-14-7-5-13(6-8-14)18-19(23)21(25)22(20(18)24)16-11-15(26-3)9-10-17(16)27-4/h5-12,23H,1-4H3. The van der Waals surface area contributed by atoms with Gasteiger partial charge in [0.2, 0.25) is 0 Å². The monoisotopic (exact) mass is 383 g/mol. The van der Waals surface area contributed by atoms with Gasteiger partial charge < -0.3 is 19.3 Å². The number of hydrogen-bond acceptors (Lipinski definition) is 6. The van der Waals surface area contributed by atoms with Gasteiger partial charge in [-0.25, -0.2) is 4.90 Å². The number of aliphatic hydroxyl groups is 1. The highest BCUT2D eigenvalue weighted by Crippen LogP contribution is 2.38. The molecule has 1 heterocycles. The topological polar surface area (TPSA) is 85.3 Å². The Labute approximate surface area is 162 Å². The summed E-state index contributed by atoms with van der Waals surface area (Å²) in [4.78, 5) is 26.6. The summed E-state index contributed by atoms with van der Waals surface area (Å²) in [5.74, 6) is -0.716. The first-order chi connectivity index (χ1) is 13.4. The minimum absolute atomic E-state index is 0.00387. The fourth-order valence-electron chi connectivity index (χ4n) is 2.94. The molecule has 0 aliphatic carbocycles. The number of imide groups is 1. The lowest BCUT2D eigenvalue weighted by Crippen LogP contribution is -2.31. The Morgan fingerprint density at radius 2 is 1.54 bits per heavy atom. The zero-order valence-corrected chi connectivity index (χ0v) is 16.1. The number of carbonyl (C=O) groups excluding carboxylic acids is 2. The average Bonchev–Trinajstić information content (AvgIpc) is 2.90. The van der Waals surface area contributed by atoms with Crippen molar-refractivity contribution < 1.29 is 28.9 Å². The molecule has 7 nitrogen and oxygen atoms in total. The summed E-state index contributed by atoms with van der Waals surface area (Å²) in [5.41, 5.74) is 0.528. The van der Waals surface area contributed by atoms with E-state index in [-0.39, 0.29) is 17.4 Å². The molecule has 2 aromatic carbocycles. The molecule has 0 atom stereocenters. The molecule has 0 aromatic heterocycles. The summed E-state index contributed by atoms with van der Waals surface area (Å²) < 4.78 is 16.0. The van der Waals surface area contributed by atoms with Crippen LogP contribution in [0.1, 0.15) is 19.4 Å². The van der Waals surface area contributed by atoms with Crippen LogP contribution in [0.5, 0.6) is 17.2 Å². The number of amides is 2. The molecule has 0 unspecified atom stereocenters. The number of carbonyl (C=O) groups is 2. The summed E-state index contributed by atoms with van der Waals surface area (Å²) in [6.45, 7) is 3.81. The fraction of sp³-hybridized carbons (Fsp3) is 0.238. The number of ether oxygens (including phenoxy) is 3. The lowest BCUT2D eigenvalue weighted by molar-refractivity contribution is -0.121. The summed E-state index contributed by atoms with van der Waals surface area (Å²) in [5, 5.41) is 10.4. The van der Waals surface area contributed by atoms with E-state index in [1.807, 2.05) is 13.8 Å². The lowest BCUT2D eigenvalue weighted by atomic mass is 10.1. The summed E-state index contributed by atoms with van der Waals surface area (Å²) >= 11 is 0. The minimum Gasteiger partial charge on any atom is -0.502 e. The molecule has 7 heteroatoms. The van der Waals surface area contributed by atoms with Crippen molar-refractivity contribution in [2.24, 2.45) is 0 Å². The van der Waals surface area contributed by atoms with Crippen LogP contribution < -0.4 is 19.1 Å². The smallest absolute Gasteiger partial charge is 0.301 e. The molecule has 1 N–H and O–H groups in total. The third-order valence-electron chi connectivity index (χ3n) is 4.20. The highest BCUT2D eigenvalue weighted by atomic mass is 16.5. The van der Waals surface area contributed by atoms with Gasteiger partial charge in [0.25, 0.3) is 5.91 Å². The predicted octanol–water partition coefficient (Wildman–Crippen LogP) is 3.33. The van der Waals surface area contributed by atoms with Gasteiger partial charge in [-0.1, -0.05) is 12.1 Å². The maximum Gasteiger partial charge on any atom is 0.301 e. The highest BCUT2D eigenvalue weighted by molar-refractivity contribution is 6.45. The van der Waals surface area contributed by atoms with Crippen LogP contribution in [-0.4, -0.2) is 37.2 Å². The number of methoxy groups -OCH3 is 2. The van der Waals surface area contributed by atoms with Crippen LogP contribution in [0.2, 0.25) is 0 Å². The second kappa shape index (κ2) is 7.64. The molecule has 3 rings (SSSR count). The molecule has 0 spiro atoms. The Hall–Kier alpha value is -3.48. The summed E-state index contributed by atoms with van der Waals surface area (Å²) in [6.07, 6.45) is 0.00387. The highest BCUT2D eigenvalue weighted by Gasteiger charge is 2.41. The van der Waals surface area contributed by atoms with Crippen LogP contribution in [0.4, 0.5) is 5.69 Å². The Morgan fingerprint density at radius 3 is 2.11 bits per heavy atom. The number of nitrogens with zero attached hydrogens (tertiary/aromatic N) is 1. The first kappa shape index (κ1) is 19.3. The number of anilines is 1. The zero-order valence-electron chi connectivity index (χ0n) is 16.1. The van der Waals surface area contributed by atoms with E-state index in [1.54, 1.807) is 36.4 Å². The van der Waals surface area contributed by atoms with Crippen LogP contribution in [0, 0.1) is 0 Å². The summed E-state index contributed by atoms with van der Waals surface area (Å²) in [6, 6.07) is 11.4. The van der Waals surface area contributed by atoms with Crippen LogP contribution >= 0.6 is 0 Å². The van der Waals surface area contributed by atoms with Crippen molar-refractivity contribution in [1.29, 1.82) is 0 Å². The molecule has 2 aromatic rings. The Balaban J connectivity index is 1.99. The van der Waals surface area contributed by atoms with E-state index in [0.29, 0.717) is 22.8 Å². The molecule has 0 bridgehead atoms. The Kier molecular flexibility index (Phi) is 5.26. The average molecular weight is 383 g/mol. The van der Waals surface area contributed by atoms with Crippen molar-refractivity contribution in [3.63, 3.8) is 0 Å². The van der Waals surface area contributed by atoms with E-state index in [4.69, 9.17) is 14.2 Å². The van der Waals surface area contributed by atoms with E-state index >= 15 is 0 Å². The van der Waals surface area contributed by atoms with Crippen molar-refractivity contribution in [3.05, 3.63) is 53.8 Å². The molecule has 0 radical (unpaired) electrons. The molecule has 2 amide bonds. The van der Waals surface area contributed by atoms with Crippen molar-refractivity contribution in [1.82, 2.24) is 0 Å². The van der Waals surface area contributed by atoms with Crippen LogP contribution in [0.25, 0.3) is 5.57 Å². The lowest BCUT2D eigenvalue weighted by Gasteiger charge is -2.18. The van der Waals surface area contributed by atoms with Crippen LogP contribution in [-0.2, 0) is 9.59 Å². The van der Waals surface area contributed by atoms with E-state index < -0.39 is 17.6 Å². The predicted molar refractivity (Wildman–Crippen MR) is 104 cm³/mol. The number of aliphatic hydroxyl groups excluding tert-OH is 1. The molecule has 0 saturated heterocycles. The van der Waals surface area contributed by atoms with Crippen molar-refractivity contribution in [2.45, 2.75) is 20.0 Å². The van der Waals surface area contributed by atoms with E-state index in [0.717, 1.165) is 4.90 Å². The number of rotatable bonds is 6. The van der Waals surface area contributed by atoms with Gasteiger partial charge in [-0.05, 0) is 43.7 Å². The number of benzene rings is 2. The normalized spacial score (nSPS) is 14.1. The fourth-order valence-corrected chi connectivity index (χ4v) is 2.94. The van der Waals surface area contributed by atoms with E-state index in [2.05, 4.69) is 0 Å². The first-order valence-corrected chi connectivity index (χ1v) is 8.68. The maximum absolute atomic E-state index is 13.0. The molecule has 1 aliphatic heterocycles. The third kappa shape index (κ3) is 3.38. The largest absolute Gasteiger partial charge is 0.502 e. The van der Waals surface area contributed by atoms with Gasteiger partial charge in [-0.2, -0.15) is 0 Å². The molecule has 28 heavy (non-hydrogen) atoms. The Bertz CT molecular complexity index is 946. The van der Waals surface area contributed by atoms with Crippen LogP contribution in [0.3, 0.4) is 0 Å². The van der Waals surface area contributed by atoms with Gasteiger partial charge in [0.05, 0.1) is 31.6 Å². The van der Waals surface area contributed by atoms with Gasteiger partial charge in [0.15, 0.2) is 5.76 Å². The van der Waals surface area contributed by atoms with Gasteiger partial charge >= 0.3 is 5.91 Å². The third-order valence-corrected chi connectivity index (χ3v) is 4.20. The first-order valence-electron chi connectivity index (χ1n) is 8.68. The second-order valence-electron chi connectivity index (χ2n) is 6.40. The number of hydrogen-bond donors (Lipinski definition) is 1. The minimum atomic E-state index is -0.825. The SMILES string of the molecule is COc1ccc(OC)c(N2C(=O)C(O)=C(c3ccc(OC(C)C)cc3)C2=O)c1. The van der Waals surface area contributed by atoms with Gasteiger partial charge in [-0.15, -0.1) is 0 Å². The van der Waals surface area contributed by atoms with E-state index in [1.165, 1.54) is 20.3 Å². The van der Waals surface area contributed by atoms with Gasteiger partial charge in [0, 0.05) is 6.07 Å². The molecule has 1 aliphatic rings. The molecular formula is C21H21NO6. The molecule has 0 saturated carbocycles. The quantitative estimate of drug-likeness (QED) is 0.770. The van der Waals surface area contributed by atoms with Gasteiger partial charge in [0.1, 0.15) is 17.2 Å². The summed E-state index contributed by atoms with van der Waals surface area (Å²) in [7, 11) is 2.90. The maximum atomic E-state index is 13.0. The molecule has 146 valence electrons. The van der Waals surface area contributed by atoms with Crippen molar-refractivity contribution >= 4 is 23.1 Å². The molecular weight excluding hydrogens is 362 g/mol. The zero-order chi connectivity index (χ0) is 20.4. The molecule has 0 fully saturated rings. The van der Waals surface area contributed by atoms with Crippen molar-refractivity contribution in [2.75, 3.05) is 19.1 Å².